The van der Waals surface area contributed by atoms with Gasteiger partial charge in [-0.2, -0.15) is 0 Å². The average Bonchev–Trinajstić information content (AvgIpc) is 2.75. The molecule has 0 unspecified atom stereocenters. The highest BCUT2D eigenvalue weighted by Crippen LogP contribution is 2.35. The summed E-state index contributed by atoms with van der Waals surface area (Å²) >= 11 is 0. The summed E-state index contributed by atoms with van der Waals surface area (Å²) in [5.74, 6) is 0.777. The highest BCUT2D eigenvalue weighted by atomic mass is 16.2. The topological polar surface area (TPSA) is 44.7 Å². The number of hydrogen-bond acceptors (Lipinski definition) is 3. The Morgan fingerprint density at radius 3 is 2.94 bits per heavy atom. The third kappa shape index (κ3) is 1.38. The average molecular weight is 241 g/mol. The third-order valence-corrected chi connectivity index (χ3v) is 4.09. The Kier molecular flexibility index (Phi) is 2.01. The Bertz CT molecular complexity index is 577. The van der Waals surface area contributed by atoms with E-state index in [2.05, 4.69) is 22.4 Å². The van der Waals surface area contributed by atoms with Crippen molar-refractivity contribution >= 4 is 17.6 Å². The molecule has 1 fully saturated rings. The quantitative estimate of drug-likeness (QED) is 0.748. The zero-order valence-electron chi connectivity index (χ0n) is 10.2. The Labute approximate surface area is 106 Å². The summed E-state index contributed by atoms with van der Waals surface area (Å²) in [6, 6.07) is 4.32. The van der Waals surface area contributed by atoms with Gasteiger partial charge in [0.1, 0.15) is 6.54 Å². The first-order valence-electron chi connectivity index (χ1n) is 6.58. The lowest BCUT2D eigenvalue weighted by Crippen LogP contribution is -2.32. The van der Waals surface area contributed by atoms with Crippen LogP contribution >= 0.6 is 0 Å². The minimum Gasteiger partial charge on any atom is -0.329 e. The molecule has 4 rings (SSSR count). The maximum Gasteiger partial charge on any atom is 0.246 e. The van der Waals surface area contributed by atoms with E-state index < -0.39 is 0 Å². The van der Waals surface area contributed by atoms with Gasteiger partial charge in [-0.3, -0.25) is 10.1 Å². The summed E-state index contributed by atoms with van der Waals surface area (Å²) in [5, 5.41) is 2.81. The number of rotatable bonds is 0. The van der Waals surface area contributed by atoms with Gasteiger partial charge in [0, 0.05) is 12.1 Å². The molecule has 0 spiro atoms. The molecule has 1 aromatic rings. The fourth-order valence-electron chi connectivity index (χ4n) is 3.20. The van der Waals surface area contributed by atoms with E-state index in [1.165, 1.54) is 42.4 Å². The van der Waals surface area contributed by atoms with Crippen molar-refractivity contribution in [2.24, 2.45) is 4.99 Å². The molecule has 1 amide bonds. The Morgan fingerprint density at radius 1 is 1.11 bits per heavy atom. The van der Waals surface area contributed by atoms with Crippen molar-refractivity contribution in [3.63, 3.8) is 0 Å². The van der Waals surface area contributed by atoms with E-state index in [0.717, 1.165) is 18.2 Å². The van der Waals surface area contributed by atoms with Crippen LogP contribution in [0.4, 0.5) is 5.69 Å². The van der Waals surface area contributed by atoms with Crippen LogP contribution in [0.1, 0.15) is 29.5 Å². The van der Waals surface area contributed by atoms with E-state index in [-0.39, 0.29) is 5.91 Å². The standard InChI is InChI=1S/C14H15N3O/c18-13-8-17-7-11-10-4-2-1-3-9(10)5-6-12(11)15-14(17)16-13/h5-6H,1-4,7-8H2,(H,15,16,18). The van der Waals surface area contributed by atoms with Crippen LogP contribution in [0.5, 0.6) is 0 Å². The van der Waals surface area contributed by atoms with Gasteiger partial charge in [-0.05, 0) is 42.9 Å². The molecule has 4 heteroatoms. The van der Waals surface area contributed by atoms with E-state index in [1.807, 2.05) is 4.90 Å². The van der Waals surface area contributed by atoms with Crippen LogP contribution in [0.3, 0.4) is 0 Å². The van der Waals surface area contributed by atoms with Crippen molar-refractivity contribution in [2.45, 2.75) is 32.2 Å². The molecule has 3 aliphatic rings. The molecule has 4 nitrogen and oxygen atoms in total. The molecule has 18 heavy (non-hydrogen) atoms. The normalized spacial score (nSPS) is 20.8. The number of nitrogens with one attached hydrogen (secondary N) is 1. The fourth-order valence-corrected chi connectivity index (χ4v) is 3.20. The molecular formula is C14H15N3O. The maximum atomic E-state index is 11.4. The molecule has 0 atom stereocenters. The van der Waals surface area contributed by atoms with Crippen molar-refractivity contribution in [1.29, 1.82) is 0 Å². The highest BCUT2D eigenvalue weighted by Gasteiger charge is 2.30. The van der Waals surface area contributed by atoms with Crippen LogP contribution in [-0.4, -0.2) is 23.3 Å². The molecule has 1 saturated heterocycles. The van der Waals surface area contributed by atoms with Crippen molar-refractivity contribution in [2.75, 3.05) is 6.54 Å². The molecule has 2 aliphatic heterocycles. The fraction of sp³-hybridized carbons (Fsp3) is 0.429. The molecule has 0 bridgehead atoms. The lowest BCUT2D eigenvalue weighted by atomic mass is 9.87. The number of amides is 1. The number of aryl methyl sites for hydroxylation is 1. The lowest BCUT2D eigenvalue weighted by molar-refractivity contribution is -0.118. The third-order valence-electron chi connectivity index (χ3n) is 4.09. The number of carbonyl (C=O) groups is 1. The molecular weight excluding hydrogens is 226 g/mol. The second-order valence-corrected chi connectivity index (χ2v) is 5.25. The minimum atomic E-state index is 0.0513. The summed E-state index contributed by atoms with van der Waals surface area (Å²) in [6.45, 7) is 1.28. The minimum absolute atomic E-state index is 0.0513. The summed E-state index contributed by atoms with van der Waals surface area (Å²) in [5.41, 5.74) is 5.36. The number of guanidine groups is 1. The molecule has 0 radical (unpaired) electrons. The molecule has 0 aromatic heterocycles. The van der Waals surface area contributed by atoms with Gasteiger partial charge in [-0.15, -0.1) is 0 Å². The number of fused-ring (bicyclic) bond motifs is 4. The Hall–Kier alpha value is -1.84. The van der Waals surface area contributed by atoms with Gasteiger partial charge in [-0.25, -0.2) is 4.99 Å². The number of benzene rings is 1. The summed E-state index contributed by atoms with van der Waals surface area (Å²) in [7, 11) is 0. The maximum absolute atomic E-state index is 11.4. The smallest absolute Gasteiger partial charge is 0.246 e. The molecule has 0 saturated carbocycles. The zero-order chi connectivity index (χ0) is 12.1. The number of hydrogen-bond donors (Lipinski definition) is 1. The predicted molar refractivity (Wildman–Crippen MR) is 68.7 cm³/mol. The molecule has 1 aromatic carbocycles. The first-order valence-corrected chi connectivity index (χ1v) is 6.58. The Morgan fingerprint density at radius 2 is 2.00 bits per heavy atom. The van der Waals surface area contributed by atoms with Crippen LogP contribution in [0.25, 0.3) is 0 Å². The summed E-state index contributed by atoms with van der Waals surface area (Å²) in [6.07, 6.45) is 4.93. The van der Waals surface area contributed by atoms with Gasteiger partial charge < -0.3 is 4.90 Å². The van der Waals surface area contributed by atoms with Crippen molar-refractivity contribution in [3.8, 4) is 0 Å². The van der Waals surface area contributed by atoms with Gasteiger partial charge in [0.15, 0.2) is 0 Å². The first kappa shape index (κ1) is 10.1. The number of nitrogens with zero attached hydrogens (tertiary/aromatic N) is 2. The predicted octanol–water partition coefficient (Wildman–Crippen LogP) is 1.50. The van der Waals surface area contributed by atoms with E-state index >= 15 is 0 Å². The van der Waals surface area contributed by atoms with Crippen LogP contribution < -0.4 is 5.32 Å². The van der Waals surface area contributed by atoms with Crippen LogP contribution in [0.2, 0.25) is 0 Å². The summed E-state index contributed by atoms with van der Waals surface area (Å²) in [4.78, 5) is 18.0. The summed E-state index contributed by atoms with van der Waals surface area (Å²) < 4.78 is 0. The number of carbonyl (C=O) groups excluding carboxylic acids is 1. The van der Waals surface area contributed by atoms with Crippen LogP contribution in [0.15, 0.2) is 17.1 Å². The molecule has 1 aliphatic carbocycles. The highest BCUT2D eigenvalue weighted by molar-refractivity contribution is 6.05. The van der Waals surface area contributed by atoms with Crippen molar-refractivity contribution in [1.82, 2.24) is 10.2 Å². The number of aliphatic imine (C=N–C) groups is 1. The van der Waals surface area contributed by atoms with Gasteiger partial charge in [0.25, 0.3) is 0 Å². The first-order chi connectivity index (χ1) is 8.81. The largest absolute Gasteiger partial charge is 0.329 e. The molecule has 92 valence electrons. The lowest BCUT2D eigenvalue weighted by Gasteiger charge is -2.28. The SMILES string of the molecule is O=C1CN2Cc3c(ccc4c3CCCC4)N=C2N1. The molecule has 2 heterocycles. The van der Waals surface area contributed by atoms with E-state index in [4.69, 9.17) is 0 Å². The molecule has 1 N–H and O–H groups in total. The van der Waals surface area contributed by atoms with Gasteiger partial charge in [0.05, 0.1) is 5.69 Å². The van der Waals surface area contributed by atoms with E-state index in [1.54, 1.807) is 0 Å². The van der Waals surface area contributed by atoms with Crippen LogP contribution in [-0.2, 0) is 24.2 Å². The zero-order valence-corrected chi connectivity index (χ0v) is 10.2. The van der Waals surface area contributed by atoms with Crippen molar-refractivity contribution < 1.29 is 4.79 Å². The van der Waals surface area contributed by atoms with Crippen molar-refractivity contribution in [3.05, 3.63) is 28.8 Å². The van der Waals surface area contributed by atoms with E-state index in [0.29, 0.717) is 6.54 Å². The van der Waals surface area contributed by atoms with Gasteiger partial charge in [-0.1, -0.05) is 6.07 Å². The van der Waals surface area contributed by atoms with E-state index in [9.17, 15) is 4.79 Å². The second-order valence-electron chi connectivity index (χ2n) is 5.25. The van der Waals surface area contributed by atoms with Crippen LogP contribution in [0, 0.1) is 0 Å². The second kappa shape index (κ2) is 3.57. The van der Waals surface area contributed by atoms with Gasteiger partial charge in [0.2, 0.25) is 11.9 Å². The monoisotopic (exact) mass is 241 g/mol. The Balaban J connectivity index is 1.83. The van der Waals surface area contributed by atoms with Gasteiger partial charge >= 0.3 is 0 Å².